The highest BCUT2D eigenvalue weighted by Gasteiger charge is 2.43. The molecule has 2 amide bonds. The minimum absolute atomic E-state index is 0.0556. The Morgan fingerprint density at radius 2 is 2.05 bits per heavy atom. The van der Waals surface area contributed by atoms with Gasteiger partial charge in [0.1, 0.15) is 11.4 Å². The lowest BCUT2D eigenvalue weighted by Crippen LogP contribution is -2.50. The van der Waals surface area contributed by atoms with Crippen LogP contribution in [0.1, 0.15) is 37.6 Å². The van der Waals surface area contributed by atoms with Crippen LogP contribution >= 0.6 is 11.8 Å². The van der Waals surface area contributed by atoms with E-state index in [1.165, 1.54) is 6.92 Å². The first kappa shape index (κ1) is 15.5. The van der Waals surface area contributed by atoms with Gasteiger partial charge in [-0.1, -0.05) is 6.92 Å². The van der Waals surface area contributed by atoms with E-state index in [2.05, 4.69) is 6.92 Å². The van der Waals surface area contributed by atoms with Crippen LogP contribution in [0.25, 0.3) is 0 Å². The molecule has 0 saturated carbocycles. The quantitative estimate of drug-likeness (QED) is 0.839. The van der Waals surface area contributed by atoms with E-state index < -0.39 is 0 Å². The second kappa shape index (κ2) is 6.36. The van der Waals surface area contributed by atoms with Crippen LogP contribution < -0.4 is 0 Å². The molecule has 0 spiro atoms. The average molecular weight is 322 g/mol. The smallest absolute Gasteiger partial charge is 0.246 e. The Morgan fingerprint density at radius 3 is 2.64 bits per heavy atom. The van der Waals surface area contributed by atoms with E-state index in [0.717, 1.165) is 31.5 Å². The average Bonchev–Trinajstić information content (AvgIpc) is 3.16. The molecule has 2 atom stereocenters. The normalized spacial score (nSPS) is 26.5. The van der Waals surface area contributed by atoms with E-state index in [0.29, 0.717) is 11.7 Å². The maximum Gasteiger partial charge on any atom is 0.246 e. The zero-order valence-corrected chi connectivity index (χ0v) is 13.8. The number of amides is 2. The van der Waals surface area contributed by atoms with Gasteiger partial charge in [-0.25, -0.2) is 0 Å². The fourth-order valence-electron chi connectivity index (χ4n) is 3.19. The molecule has 5 nitrogen and oxygen atoms in total. The van der Waals surface area contributed by atoms with E-state index >= 15 is 0 Å². The monoisotopic (exact) mass is 322 g/mol. The van der Waals surface area contributed by atoms with Crippen molar-refractivity contribution in [2.45, 2.75) is 38.1 Å². The van der Waals surface area contributed by atoms with Crippen LogP contribution in [0.5, 0.6) is 0 Å². The van der Waals surface area contributed by atoms with Gasteiger partial charge < -0.3 is 14.2 Å². The fourth-order valence-corrected chi connectivity index (χ4v) is 4.64. The molecule has 2 saturated heterocycles. The number of hydrogen-bond donors (Lipinski definition) is 0. The van der Waals surface area contributed by atoms with Gasteiger partial charge in [0.2, 0.25) is 11.8 Å². The standard InChI is InChI=1S/C16H22N2O3S/c1-11-3-6-17(7-4-11)15(20)14-10-22-16(18(14)12(2)19)13-5-8-21-9-13/h5,8-9,11,14,16H,3-4,6-7,10H2,1-2H3. The molecule has 3 rings (SSSR count). The van der Waals surface area contributed by atoms with Gasteiger partial charge in [-0.3, -0.25) is 9.59 Å². The maximum absolute atomic E-state index is 12.8. The molecule has 2 aliphatic heterocycles. The van der Waals surface area contributed by atoms with Crippen LogP contribution in [0.2, 0.25) is 0 Å². The molecule has 22 heavy (non-hydrogen) atoms. The highest BCUT2D eigenvalue weighted by atomic mass is 32.2. The van der Waals surface area contributed by atoms with E-state index in [1.54, 1.807) is 29.2 Å². The third-order valence-corrected chi connectivity index (χ3v) is 5.90. The van der Waals surface area contributed by atoms with E-state index in [-0.39, 0.29) is 23.2 Å². The number of rotatable bonds is 2. The second-order valence-electron chi connectivity index (χ2n) is 6.19. The Kier molecular flexibility index (Phi) is 4.47. The first-order valence-corrected chi connectivity index (χ1v) is 8.84. The number of carbonyl (C=O) groups excluding carboxylic acids is 2. The minimum Gasteiger partial charge on any atom is -0.472 e. The zero-order chi connectivity index (χ0) is 15.7. The lowest BCUT2D eigenvalue weighted by atomic mass is 9.98. The predicted octanol–water partition coefficient (Wildman–Crippen LogP) is 2.50. The molecular weight excluding hydrogens is 300 g/mol. The number of likely N-dealkylation sites (tertiary alicyclic amines) is 1. The molecule has 0 N–H and O–H groups in total. The SMILES string of the molecule is CC(=O)N1C(C(=O)N2CCC(C)CC2)CSC1c1ccoc1. The van der Waals surface area contributed by atoms with Crippen molar-refractivity contribution in [3.05, 3.63) is 24.2 Å². The molecule has 0 bridgehead atoms. The molecule has 0 aliphatic carbocycles. The van der Waals surface area contributed by atoms with Crippen molar-refractivity contribution >= 4 is 23.6 Å². The molecule has 1 aromatic rings. The van der Waals surface area contributed by atoms with Gasteiger partial charge in [0.25, 0.3) is 0 Å². The summed E-state index contributed by atoms with van der Waals surface area (Å²) in [6.07, 6.45) is 5.37. The third kappa shape index (κ3) is 2.89. The van der Waals surface area contributed by atoms with Crippen molar-refractivity contribution in [2.75, 3.05) is 18.8 Å². The van der Waals surface area contributed by atoms with Crippen LogP contribution in [0.15, 0.2) is 23.0 Å². The molecule has 120 valence electrons. The topological polar surface area (TPSA) is 53.8 Å². The Balaban J connectivity index is 1.75. The second-order valence-corrected chi connectivity index (χ2v) is 7.31. The summed E-state index contributed by atoms with van der Waals surface area (Å²) in [5.41, 5.74) is 0.947. The highest BCUT2D eigenvalue weighted by molar-refractivity contribution is 7.99. The Labute approximate surface area is 135 Å². The number of hydrogen-bond acceptors (Lipinski definition) is 4. The van der Waals surface area contributed by atoms with Crippen molar-refractivity contribution < 1.29 is 14.0 Å². The zero-order valence-electron chi connectivity index (χ0n) is 13.0. The molecule has 0 aromatic carbocycles. The number of nitrogens with zero attached hydrogens (tertiary/aromatic N) is 2. The molecule has 2 aliphatic rings. The summed E-state index contributed by atoms with van der Waals surface area (Å²) in [5.74, 6) is 1.38. The summed E-state index contributed by atoms with van der Waals surface area (Å²) >= 11 is 1.64. The van der Waals surface area contributed by atoms with E-state index in [9.17, 15) is 9.59 Å². The summed E-state index contributed by atoms with van der Waals surface area (Å²) in [5, 5.41) is -0.117. The van der Waals surface area contributed by atoms with Crippen LogP contribution in [0.3, 0.4) is 0 Å². The van der Waals surface area contributed by atoms with Crippen molar-refractivity contribution in [1.82, 2.24) is 9.80 Å². The van der Waals surface area contributed by atoms with Gasteiger partial charge in [0, 0.05) is 31.3 Å². The van der Waals surface area contributed by atoms with Crippen LogP contribution in [0, 0.1) is 5.92 Å². The largest absolute Gasteiger partial charge is 0.472 e. The van der Waals surface area contributed by atoms with Gasteiger partial charge in [0.15, 0.2) is 0 Å². The molecule has 0 radical (unpaired) electrons. The van der Waals surface area contributed by atoms with Gasteiger partial charge in [0.05, 0.1) is 12.5 Å². The van der Waals surface area contributed by atoms with Crippen molar-refractivity contribution in [2.24, 2.45) is 5.92 Å². The van der Waals surface area contributed by atoms with Gasteiger partial charge in [-0.05, 0) is 24.8 Å². The van der Waals surface area contributed by atoms with Gasteiger partial charge in [-0.2, -0.15) is 0 Å². The van der Waals surface area contributed by atoms with Gasteiger partial charge >= 0.3 is 0 Å². The number of furan rings is 1. The third-order valence-electron chi connectivity index (χ3n) is 4.57. The molecule has 6 heteroatoms. The summed E-state index contributed by atoms with van der Waals surface area (Å²) < 4.78 is 5.13. The van der Waals surface area contributed by atoms with Crippen LogP contribution in [-0.4, -0.2) is 46.5 Å². The molecule has 2 fully saturated rings. The molecule has 1 aromatic heterocycles. The Morgan fingerprint density at radius 1 is 1.32 bits per heavy atom. The van der Waals surface area contributed by atoms with E-state index in [1.807, 2.05) is 11.0 Å². The predicted molar refractivity (Wildman–Crippen MR) is 85.2 cm³/mol. The Bertz CT molecular complexity index is 538. The molecule has 3 heterocycles. The first-order valence-electron chi connectivity index (χ1n) is 7.79. The van der Waals surface area contributed by atoms with E-state index in [4.69, 9.17) is 4.42 Å². The molecule has 2 unspecified atom stereocenters. The first-order chi connectivity index (χ1) is 10.6. The summed E-state index contributed by atoms with van der Waals surface area (Å²) in [7, 11) is 0. The lowest BCUT2D eigenvalue weighted by Gasteiger charge is -2.35. The summed E-state index contributed by atoms with van der Waals surface area (Å²) in [4.78, 5) is 28.6. The van der Waals surface area contributed by atoms with Crippen molar-refractivity contribution in [1.29, 1.82) is 0 Å². The minimum atomic E-state index is -0.351. The summed E-state index contributed by atoms with van der Waals surface area (Å²) in [6, 6.07) is 1.51. The number of piperidine rings is 1. The maximum atomic E-state index is 12.8. The van der Waals surface area contributed by atoms with Crippen LogP contribution in [-0.2, 0) is 9.59 Å². The lowest BCUT2D eigenvalue weighted by molar-refractivity contribution is -0.144. The molecular formula is C16H22N2O3S. The van der Waals surface area contributed by atoms with Crippen molar-refractivity contribution in [3.8, 4) is 0 Å². The number of thioether (sulfide) groups is 1. The van der Waals surface area contributed by atoms with Crippen LogP contribution in [0.4, 0.5) is 0 Å². The highest BCUT2D eigenvalue weighted by Crippen LogP contribution is 2.42. The van der Waals surface area contributed by atoms with Crippen molar-refractivity contribution in [3.63, 3.8) is 0 Å². The fraction of sp³-hybridized carbons (Fsp3) is 0.625. The summed E-state index contributed by atoms with van der Waals surface area (Å²) in [6.45, 7) is 5.38. The Hall–Kier alpha value is -1.43. The van der Waals surface area contributed by atoms with Gasteiger partial charge in [-0.15, -0.1) is 11.8 Å². The number of carbonyl (C=O) groups is 2.